The Balaban J connectivity index is 1.40. The van der Waals surface area contributed by atoms with Crippen molar-refractivity contribution in [1.29, 1.82) is 0 Å². The van der Waals surface area contributed by atoms with Gasteiger partial charge in [0.1, 0.15) is 5.76 Å². The lowest BCUT2D eigenvalue weighted by Crippen LogP contribution is -2.35. The van der Waals surface area contributed by atoms with Crippen molar-refractivity contribution >= 4 is 34.1 Å². The number of amides is 1. The minimum absolute atomic E-state index is 0.0795. The van der Waals surface area contributed by atoms with E-state index >= 15 is 0 Å². The molecule has 1 amide bonds. The van der Waals surface area contributed by atoms with Crippen molar-refractivity contribution < 1.29 is 9.21 Å². The summed E-state index contributed by atoms with van der Waals surface area (Å²) < 4.78 is 6.06. The van der Waals surface area contributed by atoms with E-state index in [1.54, 1.807) is 6.26 Å². The van der Waals surface area contributed by atoms with Crippen molar-refractivity contribution in [3.05, 3.63) is 24.2 Å². The normalized spacial score (nSPS) is 16.5. The molecule has 136 valence electrons. The number of rotatable bonds is 8. The molecule has 25 heavy (non-hydrogen) atoms. The number of anilines is 1. The summed E-state index contributed by atoms with van der Waals surface area (Å²) in [5.74, 6) is 1.57. The SMILES string of the molecule is CC(Sc1nnc(NCc2ccco2)s1)C(=O)NCC1CCCCC1. The lowest BCUT2D eigenvalue weighted by molar-refractivity contribution is -0.120. The van der Waals surface area contributed by atoms with Gasteiger partial charge in [-0.2, -0.15) is 0 Å². The van der Waals surface area contributed by atoms with E-state index in [4.69, 9.17) is 4.42 Å². The molecule has 0 aliphatic heterocycles. The summed E-state index contributed by atoms with van der Waals surface area (Å²) in [6, 6.07) is 3.76. The van der Waals surface area contributed by atoms with Crippen molar-refractivity contribution in [2.24, 2.45) is 5.92 Å². The Bertz CT molecular complexity index is 653. The number of carbonyl (C=O) groups excluding carboxylic acids is 1. The molecule has 0 spiro atoms. The second-order valence-electron chi connectivity index (χ2n) is 6.32. The second kappa shape index (κ2) is 9.24. The molecule has 0 saturated heterocycles. The highest BCUT2D eigenvalue weighted by Gasteiger charge is 2.19. The molecule has 0 bridgehead atoms. The zero-order valence-electron chi connectivity index (χ0n) is 14.4. The highest BCUT2D eigenvalue weighted by Crippen LogP contribution is 2.29. The Morgan fingerprint density at radius 3 is 3.00 bits per heavy atom. The predicted octanol–water partition coefficient (Wildman–Crippen LogP) is 3.92. The summed E-state index contributed by atoms with van der Waals surface area (Å²) >= 11 is 2.91. The van der Waals surface area contributed by atoms with E-state index in [1.807, 2.05) is 19.1 Å². The van der Waals surface area contributed by atoms with Crippen LogP contribution in [0.15, 0.2) is 27.2 Å². The zero-order chi connectivity index (χ0) is 17.5. The topological polar surface area (TPSA) is 80.1 Å². The molecule has 2 aromatic rings. The van der Waals surface area contributed by atoms with Crippen LogP contribution in [0, 0.1) is 5.92 Å². The molecule has 0 aromatic carbocycles. The first-order chi connectivity index (χ1) is 12.2. The van der Waals surface area contributed by atoms with E-state index in [0.717, 1.165) is 21.8 Å². The molecular weight excluding hydrogens is 356 g/mol. The maximum Gasteiger partial charge on any atom is 0.233 e. The molecule has 1 atom stereocenters. The summed E-state index contributed by atoms with van der Waals surface area (Å²) in [6.45, 7) is 3.29. The van der Waals surface area contributed by atoms with Crippen LogP contribution in [0.2, 0.25) is 0 Å². The van der Waals surface area contributed by atoms with E-state index in [0.29, 0.717) is 12.5 Å². The maximum atomic E-state index is 12.3. The van der Waals surface area contributed by atoms with Crippen LogP contribution in [0.1, 0.15) is 44.8 Å². The van der Waals surface area contributed by atoms with Gasteiger partial charge in [-0.25, -0.2) is 0 Å². The lowest BCUT2D eigenvalue weighted by atomic mass is 9.89. The van der Waals surface area contributed by atoms with E-state index < -0.39 is 0 Å². The van der Waals surface area contributed by atoms with Crippen molar-refractivity contribution in [3.63, 3.8) is 0 Å². The number of aromatic nitrogens is 2. The summed E-state index contributed by atoms with van der Waals surface area (Å²) in [5.41, 5.74) is 0. The molecule has 2 heterocycles. The minimum Gasteiger partial charge on any atom is -0.467 e. The smallest absolute Gasteiger partial charge is 0.233 e. The molecule has 2 N–H and O–H groups in total. The van der Waals surface area contributed by atoms with Gasteiger partial charge in [0.2, 0.25) is 11.0 Å². The summed E-state index contributed by atoms with van der Waals surface area (Å²) in [5, 5.41) is 15.1. The van der Waals surface area contributed by atoms with Gasteiger partial charge in [0, 0.05) is 6.54 Å². The summed E-state index contributed by atoms with van der Waals surface area (Å²) in [6.07, 6.45) is 8.05. The van der Waals surface area contributed by atoms with Gasteiger partial charge in [0.15, 0.2) is 4.34 Å². The Hall–Kier alpha value is -1.54. The first-order valence-corrected chi connectivity index (χ1v) is 10.4. The monoisotopic (exact) mass is 380 g/mol. The molecular formula is C17H24N4O2S2. The standard InChI is InChI=1S/C17H24N4O2S2/c1-12(15(22)18-10-13-6-3-2-4-7-13)24-17-21-20-16(25-17)19-11-14-8-5-9-23-14/h5,8-9,12-13H,2-4,6-7,10-11H2,1H3,(H,18,22)(H,19,20). The number of hydrogen-bond acceptors (Lipinski definition) is 7. The molecule has 8 heteroatoms. The van der Waals surface area contributed by atoms with Crippen molar-refractivity contribution in [2.75, 3.05) is 11.9 Å². The Labute approximate surface area is 156 Å². The largest absolute Gasteiger partial charge is 0.467 e. The first-order valence-electron chi connectivity index (χ1n) is 8.75. The second-order valence-corrected chi connectivity index (χ2v) is 8.88. The van der Waals surface area contributed by atoms with E-state index in [2.05, 4.69) is 20.8 Å². The lowest BCUT2D eigenvalue weighted by Gasteiger charge is -2.22. The highest BCUT2D eigenvalue weighted by molar-refractivity contribution is 8.02. The van der Waals surface area contributed by atoms with Gasteiger partial charge in [-0.3, -0.25) is 4.79 Å². The van der Waals surface area contributed by atoms with Crippen LogP contribution in [0.3, 0.4) is 0 Å². The van der Waals surface area contributed by atoms with Crippen LogP contribution < -0.4 is 10.6 Å². The average Bonchev–Trinajstić information content (AvgIpc) is 3.30. The maximum absolute atomic E-state index is 12.3. The number of nitrogens with one attached hydrogen (secondary N) is 2. The molecule has 3 rings (SSSR count). The number of furan rings is 1. The Morgan fingerprint density at radius 2 is 2.24 bits per heavy atom. The van der Waals surface area contributed by atoms with Gasteiger partial charge in [-0.1, -0.05) is 42.4 Å². The molecule has 1 aliphatic rings. The molecule has 1 aliphatic carbocycles. The Kier molecular flexibility index (Phi) is 6.75. The van der Waals surface area contributed by atoms with Crippen LogP contribution in [-0.4, -0.2) is 27.9 Å². The van der Waals surface area contributed by atoms with Crippen LogP contribution in [-0.2, 0) is 11.3 Å². The highest BCUT2D eigenvalue weighted by atomic mass is 32.2. The van der Waals surface area contributed by atoms with Crippen LogP contribution in [0.25, 0.3) is 0 Å². The van der Waals surface area contributed by atoms with E-state index in [9.17, 15) is 4.79 Å². The Morgan fingerprint density at radius 1 is 1.40 bits per heavy atom. The predicted molar refractivity (Wildman–Crippen MR) is 101 cm³/mol. The summed E-state index contributed by atoms with van der Waals surface area (Å²) in [7, 11) is 0. The fraction of sp³-hybridized carbons (Fsp3) is 0.588. The fourth-order valence-electron chi connectivity index (χ4n) is 2.89. The number of nitrogens with zero attached hydrogens (tertiary/aromatic N) is 2. The van der Waals surface area contributed by atoms with Gasteiger partial charge < -0.3 is 15.1 Å². The van der Waals surface area contributed by atoms with E-state index in [1.165, 1.54) is 55.2 Å². The van der Waals surface area contributed by atoms with Crippen LogP contribution in [0.4, 0.5) is 5.13 Å². The van der Waals surface area contributed by atoms with Gasteiger partial charge in [0.05, 0.1) is 18.1 Å². The van der Waals surface area contributed by atoms with Crippen LogP contribution in [0.5, 0.6) is 0 Å². The van der Waals surface area contributed by atoms with Gasteiger partial charge >= 0.3 is 0 Å². The van der Waals surface area contributed by atoms with Crippen molar-refractivity contribution in [2.45, 2.75) is 55.2 Å². The third-order valence-corrected chi connectivity index (χ3v) is 6.40. The molecule has 2 aromatic heterocycles. The van der Waals surface area contributed by atoms with Crippen molar-refractivity contribution in [1.82, 2.24) is 15.5 Å². The fourth-order valence-corrected chi connectivity index (χ4v) is 4.81. The number of carbonyl (C=O) groups is 1. The molecule has 1 fully saturated rings. The van der Waals surface area contributed by atoms with Gasteiger partial charge in [0.25, 0.3) is 0 Å². The van der Waals surface area contributed by atoms with E-state index in [-0.39, 0.29) is 11.2 Å². The van der Waals surface area contributed by atoms with Gasteiger partial charge in [-0.05, 0) is 37.8 Å². The molecule has 6 nitrogen and oxygen atoms in total. The third kappa shape index (κ3) is 5.74. The van der Waals surface area contributed by atoms with Crippen molar-refractivity contribution in [3.8, 4) is 0 Å². The molecule has 1 saturated carbocycles. The van der Waals surface area contributed by atoms with Gasteiger partial charge in [-0.15, -0.1) is 10.2 Å². The summed E-state index contributed by atoms with van der Waals surface area (Å²) in [4.78, 5) is 12.3. The zero-order valence-corrected chi connectivity index (χ0v) is 16.0. The third-order valence-electron chi connectivity index (χ3n) is 4.34. The molecule has 1 unspecified atom stereocenters. The average molecular weight is 381 g/mol. The minimum atomic E-state index is -0.172. The number of hydrogen-bond donors (Lipinski definition) is 2. The quantitative estimate of drug-likeness (QED) is 0.676. The first kappa shape index (κ1) is 18.3. The van der Waals surface area contributed by atoms with Crippen LogP contribution >= 0.6 is 23.1 Å². The molecule has 0 radical (unpaired) electrons. The number of thioether (sulfide) groups is 1.